The van der Waals surface area contributed by atoms with Crippen molar-refractivity contribution in [1.82, 2.24) is 9.88 Å². The number of esters is 1. The van der Waals surface area contributed by atoms with Gasteiger partial charge in [-0.1, -0.05) is 6.42 Å². The van der Waals surface area contributed by atoms with E-state index in [1.54, 1.807) is 18.4 Å². The third kappa shape index (κ3) is 5.27. The first-order chi connectivity index (χ1) is 16.0. The molecule has 0 spiro atoms. The molecule has 0 aliphatic carbocycles. The molecule has 33 heavy (non-hydrogen) atoms. The minimum Gasteiger partial charge on any atom is -0.497 e. The third-order valence-corrected chi connectivity index (χ3v) is 7.83. The Kier molecular flexibility index (Phi) is 7.75. The number of aromatic nitrogens is 1. The van der Waals surface area contributed by atoms with E-state index in [9.17, 15) is 9.59 Å². The number of carbonyl (C=O) groups excluding carboxylic acids is 2. The van der Waals surface area contributed by atoms with E-state index < -0.39 is 0 Å². The van der Waals surface area contributed by atoms with Crippen LogP contribution in [0.3, 0.4) is 0 Å². The smallest absolute Gasteiger partial charge is 0.305 e. The van der Waals surface area contributed by atoms with Gasteiger partial charge in [0, 0.05) is 50.7 Å². The number of unbranched alkanes of at least 4 members (excludes halogenated alkanes) is 2. The van der Waals surface area contributed by atoms with Gasteiger partial charge >= 0.3 is 5.97 Å². The summed E-state index contributed by atoms with van der Waals surface area (Å²) in [6.07, 6.45) is 4.06. The molecule has 0 bridgehead atoms. The van der Waals surface area contributed by atoms with Crippen molar-refractivity contribution in [3.05, 3.63) is 50.3 Å². The Labute approximate surface area is 206 Å². The van der Waals surface area contributed by atoms with Crippen LogP contribution in [0.15, 0.2) is 34.1 Å². The quantitative estimate of drug-likeness (QED) is 0.271. The Morgan fingerprint density at radius 1 is 1.21 bits per heavy atom. The number of thiophene rings is 1. The van der Waals surface area contributed by atoms with Gasteiger partial charge in [0.05, 0.1) is 13.7 Å². The van der Waals surface area contributed by atoms with Gasteiger partial charge in [0.15, 0.2) is 0 Å². The summed E-state index contributed by atoms with van der Waals surface area (Å²) in [7, 11) is 1.68. The zero-order valence-electron chi connectivity index (χ0n) is 19.0. The fourth-order valence-electron chi connectivity index (χ4n) is 4.53. The molecule has 3 heterocycles. The molecular weight excluding hydrogens is 504 g/mol. The van der Waals surface area contributed by atoms with Crippen LogP contribution in [0.2, 0.25) is 0 Å². The first-order valence-corrected chi connectivity index (χ1v) is 13.1. The van der Waals surface area contributed by atoms with Gasteiger partial charge in [-0.05, 0) is 71.9 Å². The summed E-state index contributed by atoms with van der Waals surface area (Å²) in [5.41, 5.74) is 3.42. The zero-order chi connectivity index (χ0) is 23.4. The highest BCUT2D eigenvalue weighted by molar-refractivity contribution is 9.10. The molecule has 2 aromatic heterocycles. The van der Waals surface area contributed by atoms with E-state index in [-0.39, 0.29) is 17.9 Å². The Balaban J connectivity index is 1.52. The van der Waals surface area contributed by atoms with Gasteiger partial charge in [-0.15, -0.1) is 11.3 Å². The van der Waals surface area contributed by atoms with Crippen LogP contribution in [0, 0.1) is 0 Å². The molecule has 0 fully saturated rings. The number of aromatic amines is 1. The zero-order valence-corrected chi connectivity index (χ0v) is 21.4. The number of nitrogens with zero attached hydrogens (tertiary/aromatic N) is 1. The van der Waals surface area contributed by atoms with Crippen molar-refractivity contribution in [2.24, 2.45) is 0 Å². The largest absolute Gasteiger partial charge is 0.497 e. The fraction of sp³-hybridized carbons (Fsp3) is 0.440. The van der Waals surface area contributed by atoms with Crippen molar-refractivity contribution in [2.45, 2.75) is 51.5 Å². The number of amides is 1. The average molecular weight is 533 g/mol. The van der Waals surface area contributed by atoms with E-state index in [0.29, 0.717) is 26.0 Å². The van der Waals surface area contributed by atoms with E-state index in [2.05, 4.69) is 38.4 Å². The van der Waals surface area contributed by atoms with Gasteiger partial charge < -0.3 is 19.4 Å². The average Bonchev–Trinajstić information content (AvgIpc) is 3.40. The van der Waals surface area contributed by atoms with E-state index >= 15 is 0 Å². The second-order valence-electron chi connectivity index (χ2n) is 8.20. The lowest BCUT2D eigenvalue weighted by atomic mass is 9.95. The van der Waals surface area contributed by atoms with Gasteiger partial charge in [0.25, 0.3) is 0 Å². The van der Waals surface area contributed by atoms with Gasteiger partial charge in [0.2, 0.25) is 5.91 Å². The number of hydrogen-bond donors (Lipinski definition) is 1. The minimum absolute atomic E-state index is 0.129. The van der Waals surface area contributed by atoms with Crippen molar-refractivity contribution < 1.29 is 19.1 Å². The number of ether oxygens (including phenoxy) is 2. The lowest BCUT2D eigenvalue weighted by Gasteiger charge is -2.35. The first-order valence-electron chi connectivity index (χ1n) is 11.4. The van der Waals surface area contributed by atoms with Gasteiger partial charge in [-0.2, -0.15) is 0 Å². The fourth-order valence-corrected chi connectivity index (χ4v) is 6.09. The molecule has 1 aliphatic heterocycles. The van der Waals surface area contributed by atoms with Crippen molar-refractivity contribution in [2.75, 3.05) is 20.3 Å². The summed E-state index contributed by atoms with van der Waals surface area (Å²) >= 11 is 5.23. The number of hydrogen-bond acceptors (Lipinski definition) is 5. The van der Waals surface area contributed by atoms with Crippen LogP contribution in [-0.2, 0) is 20.7 Å². The van der Waals surface area contributed by atoms with Gasteiger partial charge in [-0.3, -0.25) is 9.59 Å². The van der Waals surface area contributed by atoms with Crippen LogP contribution >= 0.6 is 27.3 Å². The van der Waals surface area contributed by atoms with Crippen molar-refractivity contribution in [3.8, 4) is 5.75 Å². The van der Waals surface area contributed by atoms with Crippen molar-refractivity contribution >= 4 is 50.0 Å². The number of nitrogens with one attached hydrogen (secondary N) is 1. The molecule has 0 radical (unpaired) electrons. The summed E-state index contributed by atoms with van der Waals surface area (Å²) in [6, 6.07) is 8.06. The SMILES string of the molecule is CCOC(=O)CCCCCC(=O)N1CCc2c([nH]c3ccc(OC)cc23)[C@@H]1c1cc(Br)cs1. The molecule has 0 saturated heterocycles. The van der Waals surface area contributed by atoms with Crippen LogP contribution < -0.4 is 4.74 Å². The summed E-state index contributed by atoms with van der Waals surface area (Å²) in [5.74, 6) is 0.828. The highest BCUT2D eigenvalue weighted by atomic mass is 79.9. The maximum absolute atomic E-state index is 13.3. The monoisotopic (exact) mass is 532 g/mol. The summed E-state index contributed by atoms with van der Waals surface area (Å²) < 4.78 is 11.4. The number of H-pyrrole nitrogens is 1. The Bertz CT molecular complexity index is 1140. The van der Waals surface area contributed by atoms with Crippen molar-refractivity contribution in [3.63, 3.8) is 0 Å². The molecule has 176 valence electrons. The van der Waals surface area contributed by atoms with Crippen molar-refractivity contribution in [1.29, 1.82) is 0 Å². The van der Waals surface area contributed by atoms with Crippen LogP contribution in [0.1, 0.15) is 61.2 Å². The maximum Gasteiger partial charge on any atom is 0.305 e. The second-order valence-corrected chi connectivity index (χ2v) is 10.1. The van der Waals surface area contributed by atoms with Gasteiger partial charge in [0.1, 0.15) is 11.8 Å². The Morgan fingerprint density at radius 2 is 2.03 bits per heavy atom. The van der Waals surface area contributed by atoms with Crippen LogP contribution in [0.25, 0.3) is 10.9 Å². The normalized spacial score (nSPS) is 15.5. The first kappa shape index (κ1) is 23.8. The summed E-state index contributed by atoms with van der Waals surface area (Å²) in [4.78, 5) is 31.6. The lowest BCUT2D eigenvalue weighted by molar-refractivity contribution is -0.143. The molecule has 0 unspecified atom stereocenters. The summed E-state index contributed by atoms with van der Waals surface area (Å²) in [6.45, 7) is 2.90. The van der Waals surface area contributed by atoms with Crippen LogP contribution in [-0.4, -0.2) is 42.0 Å². The molecule has 1 amide bonds. The van der Waals surface area contributed by atoms with E-state index in [1.807, 2.05) is 24.0 Å². The molecule has 8 heteroatoms. The van der Waals surface area contributed by atoms with E-state index in [1.165, 1.54) is 5.56 Å². The highest BCUT2D eigenvalue weighted by Crippen LogP contribution is 2.42. The molecule has 0 saturated carbocycles. The Hall–Kier alpha value is -2.32. The number of carbonyl (C=O) groups is 2. The standard InChI is InChI=1S/C25H29BrN2O4S/c1-3-32-23(30)8-6-4-5-7-22(29)28-12-11-18-19-14-17(31-2)9-10-20(19)27-24(18)25(28)21-13-16(26)15-33-21/h9-10,13-15,25,27H,3-8,11-12H2,1-2H3/t25-/m0/s1. The molecule has 3 aromatic rings. The number of halogens is 1. The molecule has 6 nitrogen and oxygen atoms in total. The molecule has 4 rings (SSSR count). The van der Waals surface area contributed by atoms with E-state index in [0.717, 1.165) is 57.4 Å². The number of fused-ring (bicyclic) bond motifs is 3. The molecule has 1 N–H and O–H groups in total. The minimum atomic E-state index is -0.161. The molecular formula is C25H29BrN2O4S. The van der Waals surface area contributed by atoms with E-state index in [4.69, 9.17) is 9.47 Å². The summed E-state index contributed by atoms with van der Waals surface area (Å²) in [5, 5.41) is 3.23. The molecule has 1 atom stereocenters. The molecule has 1 aromatic carbocycles. The van der Waals surface area contributed by atoms with Crippen LogP contribution in [0.4, 0.5) is 0 Å². The highest BCUT2D eigenvalue weighted by Gasteiger charge is 2.35. The predicted octanol–water partition coefficient (Wildman–Crippen LogP) is 5.99. The third-order valence-electron chi connectivity index (χ3n) is 6.09. The maximum atomic E-state index is 13.3. The second kappa shape index (κ2) is 10.7. The number of rotatable bonds is 9. The predicted molar refractivity (Wildman–Crippen MR) is 134 cm³/mol. The van der Waals surface area contributed by atoms with Gasteiger partial charge in [-0.25, -0.2) is 0 Å². The molecule has 1 aliphatic rings. The topological polar surface area (TPSA) is 71.6 Å². The Morgan fingerprint density at radius 3 is 2.76 bits per heavy atom. The number of benzene rings is 1. The lowest BCUT2D eigenvalue weighted by Crippen LogP contribution is -2.40. The van der Waals surface area contributed by atoms with Crippen LogP contribution in [0.5, 0.6) is 5.75 Å². The number of methoxy groups -OCH3 is 1.